The number of esters is 2. The van der Waals surface area contributed by atoms with Gasteiger partial charge in [-0.1, -0.05) is 6.07 Å². The van der Waals surface area contributed by atoms with Crippen molar-refractivity contribution < 1.29 is 41.4 Å². The second kappa shape index (κ2) is 10.5. The summed E-state index contributed by atoms with van der Waals surface area (Å²) in [6, 6.07) is 7.79. The number of hydrogen-bond acceptors (Lipinski definition) is 8. The maximum atomic E-state index is 13.2. The molecule has 0 unspecified atom stereocenters. The normalized spacial score (nSPS) is 15.6. The number of hydrogen-bond donors (Lipinski definition) is 2. The van der Waals surface area contributed by atoms with E-state index in [-0.39, 0.29) is 34.2 Å². The van der Waals surface area contributed by atoms with Crippen molar-refractivity contribution in [3.63, 3.8) is 0 Å². The number of nitrogens with one attached hydrogen (secondary N) is 2. The largest absolute Gasteiger partial charge is 0.467 e. The minimum atomic E-state index is -4.53. The Bertz CT molecular complexity index is 1640. The van der Waals surface area contributed by atoms with E-state index >= 15 is 0 Å². The van der Waals surface area contributed by atoms with E-state index in [1.54, 1.807) is 26.0 Å². The molecule has 14 heteroatoms. The average Bonchev–Trinajstić information content (AvgIpc) is 3.65. The number of benzene rings is 1. The Morgan fingerprint density at radius 1 is 1.15 bits per heavy atom. The minimum Gasteiger partial charge on any atom is -0.467 e. The lowest BCUT2D eigenvalue weighted by atomic mass is 10.0. The van der Waals surface area contributed by atoms with Crippen LogP contribution in [-0.2, 0) is 20.4 Å². The smallest absolute Gasteiger partial charge is 0.416 e. The molecule has 0 radical (unpaired) electrons. The summed E-state index contributed by atoms with van der Waals surface area (Å²) >= 11 is 0.984. The molecule has 0 aliphatic carbocycles. The zero-order valence-electron chi connectivity index (χ0n) is 21.0. The van der Waals surface area contributed by atoms with Crippen molar-refractivity contribution in [1.29, 1.82) is 0 Å². The molecule has 1 atom stereocenters. The van der Waals surface area contributed by atoms with Crippen LogP contribution in [0.1, 0.15) is 39.7 Å². The first-order chi connectivity index (χ1) is 19.1. The molecular weight excluding hydrogens is 553 g/mol. The van der Waals surface area contributed by atoms with Gasteiger partial charge in [0.15, 0.2) is 0 Å². The number of nitrogens with zero attached hydrogens (tertiary/aromatic N) is 2. The first kappa shape index (κ1) is 27.0. The van der Waals surface area contributed by atoms with Crippen LogP contribution in [0.5, 0.6) is 0 Å². The second-order valence-electron chi connectivity index (χ2n) is 8.61. The molecule has 208 valence electrons. The lowest BCUT2D eigenvalue weighted by Crippen LogP contribution is -2.47. The molecule has 1 aliphatic rings. The van der Waals surface area contributed by atoms with Crippen molar-refractivity contribution in [2.45, 2.75) is 26.1 Å². The highest BCUT2D eigenvalue weighted by Gasteiger charge is 2.36. The van der Waals surface area contributed by atoms with E-state index in [1.807, 2.05) is 0 Å². The summed E-state index contributed by atoms with van der Waals surface area (Å²) in [4.78, 5) is 38.7. The fourth-order valence-electron chi connectivity index (χ4n) is 4.20. The number of urea groups is 1. The van der Waals surface area contributed by atoms with E-state index in [1.165, 1.54) is 29.1 Å². The van der Waals surface area contributed by atoms with E-state index in [0.717, 1.165) is 23.5 Å². The number of aryl methyl sites for hydroxylation is 1. The van der Waals surface area contributed by atoms with Crippen LogP contribution in [0.2, 0.25) is 0 Å². The topological polar surface area (TPSA) is 125 Å². The van der Waals surface area contributed by atoms with E-state index < -0.39 is 42.4 Å². The fraction of sp³-hybridized carbons (Fsp3) is 0.231. The van der Waals surface area contributed by atoms with E-state index in [0.29, 0.717) is 15.9 Å². The molecule has 0 saturated carbocycles. The maximum absolute atomic E-state index is 13.2. The predicted molar refractivity (Wildman–Crippen MR) is 136 cm³/mol. The summed E-state index contributed by atoms with van der Waals surface area (Å²) in [5.41, 5.74) is -0.117. The lowest BCUT2D eigenvalue weighted by molar-refractivity contribution is -0.139. The van der Waals surface area contributed by atoms with Gasteiger partial charge in [0.25, 0.3) is 0 Å². The van der Waals surface area contributed by atoms with Gasteiger partial charge < -0.3 is 24.5 Å². The molecule has 2 N–H and O–H groups in total. The monoisotopic (exact) mass is 574 g/mol. The van der Waals surface area contributed by atoms with Crippen molar-refractivity contribution in [1.82, 2.24) is 20.4 Å². The van der Waals surface area contributed by atoms with Gasteiger partial charge in [0.1, 0.15) is 28.1 Å². The number of thiophene rings is 1. The minimum absolute atomic E-state index is 0.0107. The number of carbonyl (C=O) groups is 3. The van der Waals surface area contributed by atoms with Gasteiger partial charge in [-0.05, 0) is 50.2 Å². The summed E-state index contributed by atoms with van der Waals surface area (Å²) < 4.78 is 57.0. The summed E-state index contributed by atoms with van der Waals surface area (Å²) in [5.74, 6) is -1.23. The molecule has 4 aromatic rings. The first-order valence-electron chi connectivity index (χ1n) is 11.9. The molecule has 40 heavy (non-hydrogen) atoms. The number of carbonyl (C=O) groups excluding carboxylic acids is 3. The highest BCUT2D eigenvalue weighted by Crippen LogP contribution is 2.34. The van der Waals surface area contributed by atoms with Gasteiger partial charge in [0.05, 0.1) is 41.1 Å². The maximum Gasteiger partial charge on any atom is 0.416 e. The number of alkyl halides is 3. The summed E-state index contributed by atoms with van der Waals surface area (Å²) in [5, 5.41) is 9.98. The van der Waals surface area contributed by atoms with Gasteiger partial charge in [0.2, 0.25) is 0 Å². The molecule has 0 bridgehead atoms. The molecule has 1 aliphatic heterocycles. The number of aromatic nitrogens is 2. The van der Waals surface area contributed by atoms with Crippen molar-refractivity contribution in [2.24, 2.45) is 0 Å². The van der Waals surface area contributed by atoms with Crippen molar-refractivity contribution in [2.75, 3.05) is 13.2 Å². The Morgan fingerprint density at radius 2 is 1.95 bits per heavy atom. The molecule has 1 aromatic carbocycles. The van der Waals surface area contributed by atoms with Gasteiger partial charge in [-0.15, -0.1) is 11.3 Å². The van der Waals surface area contributed by atoms with Gasteiger partial charge in [0, 0.05) is 5.39 Å². The van der Waals surface area contributed by atoms with E-state index in [2.05, 4.69) is 15.7 Å². The molecular formula is C26H21F3N4O6S. The Labute approximate surface area is 228 Å². The lowest BCUT2D eigenvalue weighted by Gasteiger charge is -2.27. The molecule has 0 spiro atoms. The highest BCUT2D eigenvalue weighted by molar-refractivity contribution is 7.20. The SMILES string of the molecule is CCOC(=O)C1=C(COC(=O)c2cc3c(C)nn(-c4cccc(C(F)(F)F)c4)c3s2)NC(=O)N[C@H]1c1ccco1. The molecule has 0 saturated heterocycles. The Morgan fingerprint density at radius 3 is 2.65 bits per heavy atom. The average molecular weight is 575 g/mol. The van der Waals surface area contributed by atoms with E-state index in [9.17, 15) is 27.6 Å². The van der Waals surface area contributed by atoms with Crippen LogP contribution < -0.4 is 10.6 Å². The van der Waals surface area contributed by atoms with E-state index in [4.69, 9.17) is 13.9 Å². The summed E-state index contributed by atoms with van der Waals surface area (Å²) in [7, 11) is 0. The molecule has 2 amide bonds. The van der Waals surface area contributed by atoms with Gasteiger partial charge in [-0.2, -0.15) is 18.3 Å². The third-order valence-corrected chi connectivity index (χ3v) is 7.08. The number of halogens is 3. The zero-order valence-corrected chi connectivity index (χ0v) is 21.8. The van der Waals surface area contributed by atoms with Gasteiger partial charge in [-0.3, -0.25) is 0 Å². The first-order valence-corrected chi connectivity index (χ1v) is 12.7. The van der Waals surface area contributed by atoms with Crippen LogP contribution in [0, 0.1) is 6.92 Å². The molecule has 3 aromatic heterocycles. The fourth-order valence-corrected chi connectivity index (χ4v) is 5.27. The Balaban J connectivity index is 1.43. The third-order valence-electron chi connectivity index (χ3n) is 5.99. The standard InChI is InChI=1S/C26H21F3N4O6S/c1-3-37-24(35)20-17(30-25(36)31-21(20)18-8-5-9-38-18)12-39-23(34)19-11-16-13(2)32-33(22(16)40-19)15-7-4-6-14(10-15)26(27,28)29/h4-11,21H,3,12H2,1-2H3,(H2,30,31,36)/t21-/m0/s1. The van der Waals surface area contributed by atoms with Crippen LogP contribution >= 0.6 is 11.3 Å². The Hall–Kier alpha value is -4.59. The summed E-state index contributed by atoms with van der Waals surface area (Å²) in [6.07, 6.45) is -3.14. The third kappa shape index (κ3) is 5.17. The van der Waals surface area contributed by atoms with Crippen LogP contribution in [0.3, 0.4) is 0 Å². The van der Waals surface area contributed by atoms with Crippen molar-refractivity contribution in [3.8, 4) is 5.69 Å². The van der Waals surface area contributed by atoms with Crippen LogP contribution in [0.25, 0.3) is 15.9 Å². The highest BCUT2D eigenvalue weighted by atomic mass is 32.1. The number of rotatable bonds is 7. The number of fused-ring (bicyclic) bond motifs is 1. The summed E-state index contributed by atoms with van der Waals surface area (Å²) in [6.45, 7) is 2.89. The predicted octanol–water partition coefficient (Wildman–Crippen LogP) is 5.04. The van der Waals surface area contributed by atoms with Crippen molar-refractivity contribution >= 4 is 39.5 Å². The molecule has 0 fully saturated rings. The molecule has 10 nitrogen and oxygen atoms in total. The van der Waals surface area contributed by atoms with Crippen molar-refractivity contribution in [3.05, 3.63) is 81.9 Å². The van der Waals surface area contributed by atoms with Gasteiger partial charge in [-0.25, -0.2) is 19.1 Å². The van der Waals surface area contributed by atoms with Crippen LogP contribution in [0.15, 0.2) is 64.4 Å². The molecule has 5 rings (SSSR count). The zero-order chi connectivity index (χ0) is 28.6. The number of amides is 2. The van der Waals surface area contributed by atoms with Crippen LogP contribution in [-0.4, -0.2) is 41.0 Å². The quantitative estimate of drug-likeness (QED) is 0.297. The number of ether oxygens (including phenoxy) is 2. The molecule has 4 heterocycles. The Kier molecular flexibility index (Phi) is 7.10. The van der Waals surface area contributed by atoms with Gasteiger partial charge >= 0.3 is 24.1 Å². The second-order valence-corrected chi connectivity index (χ2v) is 9.64. The van der Waals surface area contributed by atoms with Crippen LogP contribution in [0.4, 0.5) is 18.0 Å². The number of furan rings is 1.